The van der Waals surface area contributed by atoms with Gasteiger partial charge in [0.15, 0.2) is 0 Å². The van der Waals surface area contributed by atoms with Gasteiger partial charge in [-0.25, -0.2) is 0 Å². The molecule has 0 aromatic heterocycles. The Morgan fingerprint density at radius 2 is 1.83 bits per heavy atom. The number of hydrogen-bond donors (Lipinski definition) is 5. The minimum absolute atomic E-state index is 0.160. The molecule has 3 unspecified atom stereocenters. The van der Waals surface area contributed by atoms with Crippen molar-refractivity contribution in [1.29, 1.82) is 0 Å². The summed E-state index contributed by atoms with van der Waals surface area (Å²) in [6, 6.07) is -0.844. The average molecular weight is 176 g/mol. The molecule has 0 fully saturated rings. The predicted molar refractivity (Wildman–Crippen MR) is 40.5 cm³/mol. The maximum Gasteiger partial charge on any atom is 0.139 e. The first kappa shape index (κ1) is 9.40. The topological polar surface area (TPSA) is 119 Å². The Kier molecular flexibility index (Phi) is 2.63. The summed E-state index contributed by atoms with van der Waals surface area (Å²) in [6.45, 7) is -0.411. The third-order valence-corrected chi connectivity index (χ3v) is 1.87. The molecule has 0 bridgehead atoms. The van der Waals surface area contributed by atoms with Crippen molar-refractivity contribution in [2.45, 2.75) is 24.4 Å². The van der Waals surface area contributed by atoms with Crippen LogP contribution in [0.5, 0.6) is 0 Å². The van der Waals surface area contributed by atoms with Crippen molar-refractivity contribution < 1.29 is 20.4 Å². The van der Waals surface area contributed by atoms with Crippen LogP contribution >= 0.6 is 0 Å². The zero-order valence-electron chi connectivity index (χ0n) is 6.33. The number of amidine groups is 1. The molecule has 70 valence electrons. The fourth-order valence-corrected chi connectivity index (χ4v) is 1.08. The second-order valence-electron chi connectivity index (χ2n) is 2.73. The van der Waals surface area contributed by atoms with Crippen molar-refractivity contribution in [2.75, 3.05) is 6.61 Å². The minimum atomic E-state index is -1.38. The molecule has 0 aromatic rings. The number of hydrogen-bond acceptors (Lipinski definition) is 6. The van der Waals surface area contributed by atoms with Gasteiger partial charge in [0.25, 0.3) is 0 Å². The molecule has 0 saturated carbocycles. The van der Waals surface area contributed by atoms with E-state index in [1.807, 2.05) is 0 Å². The molecule has 0 radical (unpaired) electrons. The Balaban J connectivity index is 2.83. The Bertz CT molecular complexity index is 196. The van der Waals surface area contributed by atoms with Crippen LogP contribution in [0.4, 0.5) is 0 Å². The summed E-state index contributed by atoms with van der Waals surface area (Å²) in [5.74, 6) is -0.160. The highest BCUT2D eigenvalue weighted by molar-refractivity contribution is 5.86. The Hall–Kier alpha value is -0.690. The molecular formula is C6H12N2O4. The Labute approximate surface area is 69.0 Å². The van der Waals surface area contributed by atoms with Crippen LogP contribution in [0.15, 0.2) is 4.99 Å². The summed E-state index contributed by atoms with van der Waals surface area (Å²) < 4.78 is 0. The van der Waals surface area contributed by atoms with Crippen LogP contribution in [-0.2, 0) is 0 Å². The van der Waals surface area contributed by atoms with E-state index in [-0.39, 0.29) is 5.84 Å². The number of aliphatic imine (C=N–C) groups is 1. The van der Waals surface area contributed by atoms with E-state index in [9.17, 15) is 5.11 Å². The van der Waals surface area contributed by atoms with Gasteiger partial charge in [0.1, 0.15) is 30.2 Å². The SMILES string of the molecule is NC1=NC(CO)C(O)C(O)[C@@H]1O. The maximum atomic E-state index is 9.19. The first-order chi connectivity index (χ1) is 5.57. The number of nitrogens with zero attached hydrogens (tertiary/aromatic N) is 1. The van der Waals surface area contributed by atoms with E-state index in [2.05, 4.69) is 4.99 Å². The second kappa shape index (κ2) is 3.36. The van der Waals surface area contributed by atoms with Crippen molar-refractivity contribution in [1.82, 2.24) is 0 Å². The Morgan fingerprint density at radius 1 is 1.25 bits per heavy atom. The van der Waals surface area contributed by atoms with Crippen LogP contribution in [0.25, 0.3) is 0 Å². The molecular weight excluding hydrogens is 164 g/mol. The third kappa shape index (κ3) is 1.42. The van der Waals surface area contributed by atoms with Gasteiger partial charge in [0.2, 0.25) is 0 Å². The van der Waals surface area contributed by atoms with Crippen molar-refractivity contribution in [3.8, 4) is 0 Å². The standard InChI is InChI=1S/C6H12N2O4/c7-6-5(12)4(11)3(10)2(1-9)8-6/h2-5,9-12H,1H2,(H2,7,8)/t2?,3?,4?,5-/m0/s1. The summed E-state index contributed by atoms with van der Waals surface area (Å²) in [5.41, 5.74) is 5.21. The Morgan fingerprint density at radius 3 is 2.33 bits per heavy atom. The van der Waals surface area contributed by atoms with Gasteiger partial charge in [0.05, 0.1) is 6.61 Å². The fourth-order valence-electron chi connectivity index (χ4n) is 1.08. The van der Waals surface area contributed by atoms with Crippen LogP contribution < -0.4 is 5.73 Å². The van der Waals surface area contributed by atoms with Crippen molar-refractivity contribution in [3.05, 3.63) is 0 Å². The summed E-state index contributed by atoms with van der Waals surface area (Å²) in [4.78, 5) is 3.60. The quantitative estimate of drug-likeness (QED) is 0.288. The molecule has 6 heteroatoms. The molecule has 0 amide bonds. The zero-order chi connectivity index (χ0) is 9.30. The van der Waals surface area contributed by atoms with E-state index in [4.69, 9.17) is 21.1 Å². The molecule has 0 aromatic carbocycles. The van der Waals surface area contributed by atoms with E-state index in [0.29, 0.717) is 0 Å². The molecule has 1 heterocycles. The first-order valence-electron chi connectivity index (χ1n) is 3.56. The number of aliphatic hydroxyl groups is 4. The number of aliphatic hydroxyl groups excluding tert-OH is 4. The van der Waals surface area contributed by atoms with Gasteiger partial charge in [-0.05, 0) is 0 Å². The zero-order valence-corrected chi connectivity index (χ0v) is 6.33. The van der Waals surface area contributed by atoms with E-state index in [0.717, 1.165) is 0 Å². The molecule has 4 atom stereocenters. The smallest absolute Gasteiger partial charge is 0.139 e. The van der Waals surface area contributed by atoms with E-state index < -0.39 is 31.0 Å². The lowest BCUT2D eigenvalue weighted by atomic mass is 9.98. The van der Waals surface area contributed by atoms with Crippen LogP contribution in [0.3, 0.4) is 0 Å². The lowest BCUT2D eigenvalue weighted by Gasteiger charge is -2.31. The first-order valence-corrected chi connectivity index (χ1v) is 3.56. The van der Waals surface area contributed by atoms with Crippen molar-refractivity contribution >= 4 is 5.84 Å². The highest BCUT2D eigenvalue weighted by atomic mass is 16.4. The largest absolute Gasteiger partial charge is 0.394 e. The molecule has 6 N–H and O–H groups in total. The minimum Gasteiger partial charge on any atom is -0.394 e. The van der Waals surface area contributed by atoms with E-state index >= 15 is 0 Å². The third-order valence-electron chi connectivity index (χ3n) is 1.87. The van der Waals surface area contributed by atoms with Gasteiger partial charge in [-0.2, -0.15) is 0 Å². The lowest BCUT2D eigenvalue weighted by Crippen LogP contribution is -2.55. The molecule has 12 heavy (non-hydrogen) atoms. The summed E-state index contributed by atoms with van der Waals surface area (Å²) >= 11 is 0. The highest BCUT2D eigenvalue weighted by Crippen LogP contribution is 2.13. The monoisotopic (exact) mass is 176 g/mol. The van der Waals surface area contributed by atoms with Gasteiger partial charge in [-0.1, -0.05) is 0 Å². The molecule has 0 spiro atoms. The van der Waals surface area contributed by atoms with Gasteiger partial charge in [0, 0.05) is 0 Å². The van der Waals surface area contributed by atoms with Gasteiger partial charge < -0.3 is 26.2 Å². The molecule has 0 saturated heterocycles. The molecule has 1 rings (SSSR count). The highest BCUT2D eigenvalue weighted by Gasteiger charge is 2.37. The summed E-state index contributed by atoms with van der Waals surface area (Å²) in [6.07, 6.45) is -3.99. The van der Waals surface area contributed by atoms with E-state index in [1.54, 1.807) is 0 Å². The van der Waals surface area contributed by atoms with E-state index in [1.165, 1.54) is 0 Å². The van der Waals surface area contributed by atoms with Gasteiger partial charge >= 0.3 is 0 Å². The van der Waals surface area contributed by atoms with Gasteiger partial charge in [-0.15, -0.1) is 0 Å². The number of nitrogens with two attached hydrogens (primary N) is 1. The molecule has 6 nitrogen and oxygen atoms in total. The maximum absolute atomic E-state index is 9.19. The second-order valence-corrected chi connectivity index (χ2v) is 2.73. The van der Waals surface area contributed by atoms with Crippen LogP contribution in [0.1, 0.15) is 0 Å². The molecule has 0 aliphatic carbocycles. The molecule has 1 aliphatic heterocycles. The fraction of sp³-hybridized carbons (Fsp3) is 0.833. The predicted octanol–water partition coefficient (Wildman–Crippen LogP) is -3.20. The van der Waals surface area contributed by atoms with Crippen LogP contribution in [0, 0.1) is 0 Å². The van der Waals surface area contributed by atoms with Crippen LogP contribution in [-0.4, -0.2) is 57.2 Å². The molecule has 1 aliphatic rings. The van der Waals surface area contributed by atoms with Crippen LogP contribution in [0.2, 0.25) is 0 Å². The van der Waals surface area contributed by atoms with Gasteiger partial charge in [-0.3, -0.25) is 4.99 Å². The normalized spacial score (nSPS) is 42.5. The lowest BCUT2D eigenvalue weighted by molar-refractivity contribution is -0.0589. The average Bonchev–Trinajstić information content (AvgIpc) is 2.08. The number of rotatable bonds is 1. The van der Waals surface area contributed by atoms with Crippen molar-refractivity contribution in [3.63, 3.8) is 0 Å². The summed E-state index contributed by atoms with van der Waals surface area (Å²) in [7, 11) is 0. The van der Waals surface area contributed by atoms with Crippen molar-refractivity contribution in [2.24, 2.45) is 10.7 Å². The summed E-state index contributed by atoms with van der Waals surface area (Å²) in [5, 5.41) is 36.1.